The number of ether oxygens (including phenoxy) is 1. The van der Waals surface area contributed by atoms with Crippen molar-refractivity contribution < 1.29 is 9.66 Å². The Morgan fingerprint density at radius 3 is 2.89 bits per heavy atom. The maximum atomic E-state index is 11.0. The van der Waals surface area contributed by atoms with Gasteiger partial charge in [0.25, 0.3) is 0 Å². The van der Waals surface area contributed by atoms with E-state index < -0.39 is 4.92 Å². The third-order valence-electron chi connectivity index (χ3n) is 3.51. The molecule has 6 nitrogen and oxygen atoms in total. The minimum Gasteiger partial charge on any atom is -0.385 e. The molecule has 2 rings (SSSR count). The van der Waals surface area contributed by atoms with Crippen LogP contribution in [0.5, 0.6) is 0 Å². The van der Waals surface area contributed by atoms with Crippen LogP contribution in [0.15, 0.2) is 16.9 Å². The highest BCUT2D eigenvalue weighted by atomic mass is 79.9. The molecule has 104 valence electrons. The molecular formula is C12H16BrN3O3. The van der Waals surface area contributed by atoms with Gasteiger partial charge in [0.2, 0.25) is 0 Å². The summed E-state index contributed by atoms with van der Waals surface area (Å²) in [4.78, 5) is 14.4. The summed E-state index contributed by atoms with van der Waals surface area (Å²) in [5.41, 5.74) is 0.729. The number of methoxy groups -OCH3 is 1. The molecule has 7 heteroatoms. The topological polar surface area (TPSA) is 77.3 Å². The zero-order valence-electron chi connectivity index (χ0n) is 10.7. The number of rotatable bonds is 7. The molecule has 1 N–H and O–H groups in total. The van der Waals surface area contributed by atoms with Gasteiger partial charge in [0.05, 0.1) is 9.40 Å². The Hall–Kier alpha value is -1.21. The number of hydrogen-bond acceptors (Lipinski definition) is 5. The molecule has 1 aromatic heterocycles. The quantitative estimate of drug-likeness (QED) is 0.614. The van der Waals surface area contributed by atoms with Crippen molar-refractivity contribution in [2.24, 2.45) is 5.41 Å². The van der Waals surface area contributed by atoms with Gasteiger partial charge < -0.3 is 10.1 Å². The van der Waals surface area contributed by atoms with E-state index in [0.29, 0.717) is 10.2 Å². The fourth-order valence-corrected chi connectivity index (χ4v) is 2.49. The Labute approximate surface area is 119 Å². The molecule has 0 aromatic carbocycles. The molecule has 1 aromatic rings. The third kappa shape index (κ3) is 3.42. The number of nitro groups is 1. The fraction of sp³-hybridized carbons (Fsp3) is 0.583. The van der Waals surface area contributed by atoms with Crippen LogP contribution < -0.4 is 5.32 Å². The smallest absolute Gasteiger partial charge is 0.311 e. The summed E-state index contributed by atoms with van der Waals surface area (Å²) < 4.78 is 5.72. The van der Waals surface area contributed by atoms with E-state index in [1.165, 1.54) is 6.20 Å². The largest absolute Gasteiger partial charge is 0.385 e. The van der Waals surface area contributed by atoms with E-state index in [1.807, 2.05) is 0 Å². The van der Waals surface area contributed by atoms with Crippen molar-refractivity contribution in [1.82, 2.24) is 4.98 Å². The highest BCUT2D eigenvalue weighted by molar-refractivity contribution is 9.10. The molecule has 0 saturated heterocycles. The number of nitrogens with zero attached hydrogens (tertiary/aromatic N) is 2. The van der Waals surface area contributed by atoms with Gasteiger partial charge in [-0.2, -0.15) is 0 Å². The van der Waals surface area contributed by atoms with Crippen LogP contribution in [-0.4, -0.2) is 30.2 Å². The number of anilines is 1. The van der Waals surface area contributed by atoms with Crippen LogP contribution in [0.3, 0.4) is 0 Å². The number of halogens is 1. The summed E-state index contributed by atoms with van der Waals surface area (Å²) in [7, 11) is 1.69. The standard InChI is InChI=1S/C12H16BrN3O3/c1-19-5-4-12(2-3-12)8-15-11-9(13)6-14-7-10(11)16(17)18/h6-7H,2-5,8H2,1H3,(H,14,15). The van der Waals surface area contributed by atoms with Crippen LogP contribution in [0.1, 0.15) is 19.3 Å². The average molecular weight is 330 g/mol. The molecule has 1 aliphatic rings. The predicted molar refractivity (Wildman–Crippen MR) is 75.2 cm³/mol. The second kappa shape index (κ2) is 5.83. The molecule has 1 saturated carbocycles. The van der Waals surface area contributed by atoms with Crippen molar-refractivity contribution >= 4 is 27.3 Å². The Kier molecular flexibility index (Phi) is 4.36. The summed E-state index contributed by atoms with van der Waals surface area (Å²) in [5.74, 6) is 0. The lowest BCUT2D eigenvalue weighted by atomic mass is 10.0. The van der Waals surface area contributed by atoms with Crippen LogP contribution in [-0.2, 0) is 4.74 Å². The Bertz CT molecular complexity index is 477. The molecule has 0 spiro atoms. The van der Waals surface area contributed by atoms with E-state index in [2.05, 4.69) is 26.2 Å². The van der Waals surface area contributed by atoms with Crippen LogP contribution in [0.2, 0.25) is 0 Å². The second-order valence-electron chi connectivity index (χ2n) is 4.87. The van der Waals surface area contributed by atoms with Gasteiger partial charge >= 0.3 is 5.69 Å². The first-order valence-electron chi connectivity index (χ1n) is 6.09. The number of hydrogen-bond donors (Lipinski definition) is 1. The minimum absolute atomic E-state index is 0.00286. The maximum Gasteiger partial charge on any atom is 0.311 e. The molecule has 0 aliphatic heterocycles. The van der Waals surface area contributed by atoms with E-state index in [0.717, 1.165) is 32.4 Å². The zero-order valence-corrected chi connectivity index (χ0v) is 12.3. The molecule has 0 amide bonds. The minimum atomic E-state index is -0.422. The molecule has 0 atom stereocenters. The summed E-state index contributed by atoms with van der Waals surface area (Å²) in [6, 6.07) is 0. The van der Waals surface area contributed by atoms with E-state index in [9.17, 15) is 10.1 Å². The number of nitrogens with one attached hydrogen (secondary N) is 1. The molecule has 1 aliphatic carbocycles. The van der Waals surface area contributed by atoms with Gasteiger partial charge in [0, 0.05) is 26.5 Å². The monoisotopic (exact) mass is 329 g/mol. The lowest BCUT2D eigenvalue weighted by Crippen LogP contribution is -2.18. The first kappa shape index (κ1) is 14.2. The summed E-state index contributed by atoms with van der Waals surface area (Å²) in [6.45, 7) is 1.45. The average Bonchev–Trinajstić information content (AvgIpc) is 3.15. The highest BCUT2D eigenvalue weighted by Crippen LogP contribution is 2.49. The zero-order chi connectivity index (χ0) is 13.9. The number of pyridine rings is 1. The second-order valence-corrected chi connectivity index (χ2v) is 5.72. The summed E-state index contributed by atoms with van der Waals surface area (Å²) >= 11 is 3.30. The molecule has 0 bridgehead atoms. The molecule has 1 fully saturated rings. The van der Waals surface area contributed by atoms with Gasteiger partial charge in [-0.1, -0.05) is 0 Å². The van der Waals surface area contributed by atoms with Gasteiger partial charge in [0.1, 0.15) is 11.9 Å². The SMILES string of the molecule is COCCC1(CNc2c(Br)cncc2[N+](=O)[O-])CC1. The van der Waals surface area contributed by atoms with Gasteiger partial charge in [-0.25, -0.2) is 0 Å². The van der Waals surface area contributed by atoms with Crippen molar-refractivity contribution in [2.45, 2.75) is 19.3 Å². The lowest BCUT2D eigenvalue weighted by Gasteiger charge is -2.16. The molecule has 0 unspecified atom stereocenters. The van der Waals surface area contributed by atoms with E-state index in [-0.39, 0.29) is 11.1 Å². The van der Waals surface area contributed by atoms with Gasteiger partial charge in [0.15, 0.2) is 0 Å². The van der Waals surface area contributed by atoms with Crippen LogP contribution in [0, 0.1) is 15.5 Å². The molecule has 19 heavy (non-hydrogen) atoms. The summed E-state index contributed by atoms with van der Waals surface area (Å²) in [6.07, 6.45) is 6.08. The maximum absolute atomic E-state index is 11.0. The van der Waals surface area contributed by atoms with E-state index >= 15 is 0 Å². The van der Waals surface area contributed by atoms with E-state index in [1.54, 1.807) is 13.3 Å². The third-order valence-corrected chi connectivity index (χ3v) is 4.11. The fourth-order valence-electron chi connectivity index (χ4n) is 2.02. The normalized spacial score (nSPS) is 16.1. The van der Waals surface area contributed by atoms with Crippen molar-refractivity contribution in [3.8, 4) is 0 Å². The Morgan fingerprint density at radius 2 is 2.32 bits per heavy atom. The van der Waals surface area contributed by atoms with Crippen molar-refractivity contribution in [3.63, 3.8) is 0 Å². The first-order valence-corrected chi connectivity index (χ1v) is 6.88. The molecular weight excluding hydrogens is 314 g/mol. The van der Waals surface area contributed by atoms with E-state index in [4.69, 9.17) is 4.74 Å². The predicted octanol–water partition coefficient (Wildman–Crippen LogP) is 2.98. The highest BCUT2D eigenvalue weighted by Gasteiger charge is 2.42. The van der Waals surface area contributed by atoms with Gasteiger partial charge in [-0.15, -0.1) is 0 Å². The first-order chi connectivity index (χ1) is 9.08. The Morgan fingerprint density at radius 1 is 1.58 bits per heavy atom. The Balaban J connectivity index is 2.05. The molecule has 1 heterocycles. The van der Waals surface area contributed by atoms with Crippen molar-refractivity contribution in [2.75, 3.05) is 25.6 Å². The lowest BCUT2D eigenvalue weighted by molar-refractivity contribution is -0.384. The summed E-state index contributed by atoms with van der Waals surface area (Å²) in [5, 5.41) is 14.2. The van der Waals surface area contributed by atoms with Crippen LogP contribution in [0.4, 0.5) is 11.4 Å². The van der Waals surface area contributed by atoms with Crippen molar-refractivity contribution in [3.05, 3.63) is 27.0 Å². The van der Waals surface area contributed by atoms with Gasteiger partial charge in [-0.05, 0) is 40.6 Å². The van der Waals surface area contributed by atoms with Crippen molar-refractivity contribution in [1.29, 1.82) is 0 Å². The van der Waals surface area contributed by atoms with Crippen LogP contribution >= 0.6 is 15.9 Å². The molecule has 0 radical (unpaired) electrons. The van der Waals surface area contributed by atoms with Gasteiger partial charge in [-0.3, -0.25) is 15.1 Å². The van der Waals surface area contributed by atoms with Crippen LogP contribution in [0.25, 0.3) is 0 Å². The number of aromatic nitrogens is 1.